The van der Waals surface area contributed by atoms with E-state index in [4.69, 9.17) is 4.74 Å². The number of aryl methyl sites for hydroxylation is 1. The van der Waals surface area contributed by atoms with Gasteiger partial charge in [-0.3, -0.25) is 9.78 Å². The van der Waals surface area contributed by atoms with Crippen LogP contribution in [-0.2, 0) is 4.79 Å². The van der Waals surface area contributed by atoms with Gasteiger partial charge in [0.05, 0.1) is 18.0 Å². The summed E-state index contributed by atoms with van der Waals surface area (Å²) in [6.45, 7) is 4.52. The number of carbonyl (C=O) groups is 1. The Morgan fingerprint density at radius 3 is 2.68 bits per heavy atom. The molecule has 0 spiro atoms. The van der Waals surface area contributed by atoms with Gasteiger partial charge in [0.1, 0.15) is 11.9 Å². The first-order chi connectivity index (χ1) is 16.4. The van der Waals surface area contributed by atoms with Crippen molar-refractivity contribution >= 4 is 16.9 Å². The number of rotatable bonds is 9. The van der Waals surface area contributed by atoms with Gasteiger partial charge in [-0.25, -0.2) is 4.39 Å². The van der Waals surface area contributed by atoms with E-state index in [2.05, 4.69) is 9.88 Å². The number of likely N-dealkylation sites (tertiary alicyclic amines) is 1. The van der Waals surface area contributed by atoms with E-state index in [0.29, 0.717) is 30.6 Å². The van der Waals surface area contributed by atoms with Gasteiger partial charge in [0, 0.05) is 11.6 Å². The van der Waals surface area contributed by atoms with Crippen molar-refractivity contribution in [1.82, 2.24) is 9.88 Å². The zero-order valence-electron chi connectivity index (χ0n) is 20.7. The van der Waals surface area contributed by atoms with Crippen LogP contribution in [0.5, 0.6) is 5.75 Å². The Morgan fingerprint density at radius 1 is 1.26 bits per heavy atom. The third-order valence-electron chi connectivity index (χ3n) is 8.35. The lowest BCUT2D eigenvalue weighted by Crippen LogP contribution is -2.45. The number of methoxy groups -OCH3 is 1. The van der Waals surface area contributed by atoms with E-state index in [1.807, 2.05) is 25.1 Å². The maximum absolute atomic E-state index is 15.7. The molecule has 5 nitrogen and oxygen atoms in total. The highest BCUT2D eigenvalue weighted by atomic mass is 19.1. The minimum Gasteiger partial charge on any atom is -0.497 e. The second-order valence-corrected chi connectivity index (χ2v) is 10.5. The molecule has 1 aliphatic carbocycles. The fourth-order valence-electron chi connectivity index (χ4n) is 6.00. The summed E-state index contributed by atoms with van der Waals surface area (Å²) in [5, 5.41) is 10.9. The second-order valence-electron chi connectivity index (χ2n) is 10.5. The van der Waals surface area contributed by atoms with Gasteiger partial charge >= 0.3 is 5.97 Å². The first kappa shape index (κ1) is 24.9. The molecule has 2 aromatic rings. The molecule has 1 saturated carbocycles. The molecule has 186 valence electrons. The van der Waals surface area contributed by atoms with E-state index in [-0.39, 0.29) is 6.42 Å². The Hall–Kier alpha value is -2.21. The van der Waals surface area contributed by atoms with E-state index in [9.17, 15) is 9.90 Å². The van der Waals surface area contributed by atoms with Crippen LogP contribution in [0.25, 0.3) is 10.9 Å². The van der Waals surface area contributed by atoms with Gasteiger partial charge in [-0.1, -0.05) is 32.1 Å². The molecule has 2 fully saturated rings. The quantitative estimate of drug-likeness (QED) is 0.454. The van der Waals surface area contributed by atoms with Crippen LogP contribution in [0.1, 0.15) is 81.5 Å². The summed E-state index contributed by atoms with van der Waals surface area (Å²) in [6, 6.07) is 5.49. The Morgan fingerprint density at radius 2 is 2.00 bits per heavy atom. The fourth-order valence-corrected chi connectivity index (χ4v) is 6.00. The molecule has 0 unspecified atom stereocenters. The molecular formula is C28H39FN2O3. The third kappa shape index (κ3) is 5.54. The van der Waals surface area contributed by atoms with E-state index in [0.717, 1.165) is 42.0 Å². The van der Waals surface area contributed by atoms with Gasteiger partial charge in [-0.2, -0.15) is 0 Å². The van der Waals surface area contributed by atoms with E-state index >= 15 is 4.39 Å². The highest BCUT2D eigenvalue weighted by Crippen LogP contribution is 2.41. The largest absolute Gasteiger partial charge is 0.497 e. The van der Waals surface area contributed by atoms with Gasteiger partial charge < -0.3 is 14.7 Å². The third-order valence-corrected chi connectivity index (χ3v) is 8.35. The van der Waals surface area contributed by atoms with E-state index in [1.54, 1.807) is 13.3 Å². The fraction of sp³-hybridized carbons (Fsp3) is 0.643. The smallest absolute Gasteiger partial charge is 0.309 e. The van der Waals surface area contributed by atoms with Crippen LogP contribution in [-0.4, -0.2) is 47.7 Å². The Bertz CT molecular complexity index is 981. The molecule has 1 saturated heterocycles. The Balaban J connectivity index is 1.39. The predicted molar refractivity (Wildman–Crippen MR) is 133 cm³/mol. The molecule has 1 atom stereocenters. The number of nitrogens with zero attached hydrogens (tertiary/aromatic N) is 2. The summed E-state index contributed by atoms with van der Waals surface area (Å²) in [6.07, 6.45) is 10.2. The number of carboxylic acid groups (broad SMARTS) is 1. The number of alkyl halides is 1. The summed E-state index contributed by atoms with van der Waals surface area (Å²) < 4.78 is 21.0. The molecule has 2 heterocycles. The number of ether oxygens (including phenoxy) is 1. The number of halogens is 1. The van der Waals surface area contributed by atoms with Crippen molar-refractivity contribution in [2.45, 2.75) is 77.3 Å². The molecular weight excluding hydrogens is 431 g/mol. The molecule has 6 heteroatoms. The summed E-state index contributed by atoms with van der Waals surface area (Å²) >= 11 is 0. The van der Waals surface area contributed by atoms with Crippen molar-refractivity contribution in [3.05, 3.63) is 35.5 Å². The zero-order chi connectivity index (χ0) is 24.1. The Kier molecular flexibility index (Phi) is 8.07. The molecule has 0 radical (unpaired) electrons. The van der Waals surface area contributed by atoms with Crippen LogP contribution in [0, 0.1) is 18.3 Å². The van der Waals surface area contributed by atoms with Crippen LogP contribution >= 0.6 is 0 Å². The molecule has 1 N–H and O–H groups in total. The standard InChI is InChI=1S/C28H39FN2O3/c1-20-19-30-25-9-8-22(34-2)18-23(25)26(20)24(29)10-12-28(27(32)33)13-16-31(17-14-28)15-11-21-6-4-3-5-7-21/h8-9,18-19,21,24H,3-7,10-17H2,1-2H3,(H,32,33)/t24-/m1/s1. The average Bonchev–Trinajstić information content (AvgIpc) is 2.86. The SMILES string of the molecule is COc1ccc2ncc(C)c([C@H](F)CCC3(C(=O)O)CCN(CCC4CCCCC4)CC3)c2c1. The summed E-state index contributed by atoms with van der Waals surface area (Å²) in [7, 11) is 1.59. The van der Waals surface area contributed by atoms with Crippen LogP contribution in [0.15, 0.2) is 24.4 Å². The van der Waals surface area contributed by atoms with Crippen molar-refractivity contribution < 1.29 is 19.0 Å². The molecule has 1 aromatic heterocycles. The number of pyridine rings is 1. The molecule has 0 amide bonds. The highest BCUT2D eigenvalue weighted by Gasteiger charge is 2.41. The van der Waals surface area contributed by atoms with Crippen LogP contribution in [0.3, 0.4) is 0 Å². The molecule has 0 bridgehead atoms. The number of hydrogen-bond acceptors (Lipinski definition) is 4. The number of aliphatic carboxylic acids is 1. The molecule has 4 rings (SSSR count). The zero-order valence-corrected chi connectivity index (χ0v) is 20.7. The maximum atomic E-state index is 15.7. The van der Waals surface area contributed by atoms with Crippen LogP contribution in [0.2, 0.25) is 0 Å². The van der Waals surface area contributed by atoms with Gasteiger partial charge in [0.2, 0.25) is 0 Å². The van der Waals surface area contributed by atoms with Crippen molar-refractivity contribution in [2.75, 3.05) is 26.7 Å². The van der Waals surface area contributed by atoms with E-state index in [1.165, 1.54) is 38.5 Å². The minimum atomic E-state index is -1.24. The lowest BCUT2D eigenvalue weighted by Gasteiger charge is -2.39. The monoisotopic (exact) mass is 470 g/mol. The first-order valence-electron chi connectivity index (χ1n) is 12.9. The first-order valence-corrected chi connectivity index (χ1v) is 12.9. The van der Waals surface area contributed by atoms with Gasteiger partial charge in [0.25, 0.3) is 0 Å². The predicted octanol–water partition coefficient (Wildman–Crippen LogP) is 6.48. The van der Waals surface area contributed by atoms with Crippen molar-refractivity contribution in [1.29, 1.82) is 0 Å². The number of carboxylic acids is 1. The van der Waals surface area contributed by atoms with Gasteiger partial charge in [-0.15, -0.1) is 0 Å². The molecule has 34 heavy (non-hydrogen) atoms. The number of benzene rings is 1. The topological polar surface area (TPSA) is 62.7 Å². The van der Waals surface area contributed by atoms with Gasteiger partial charge in [-0.05, 0) is 93.9 Å². The van der Waals surface area contributed by atoms with Crippen LogP contribution < -0.4 is 4.74 Å². The summed E-state index contributed by atoms with van der Waals surface area (Å²) in [5.41, 5.74) is 1.29. The van der Waals surface area contributed by atoms with Crippen LogP contribution in [0.4, 0.5) is 4.39 Å². The second kappa shape index (κ2) is 11.0. The lowest BCUT2D eigenvalue weighted by molar-refractivity contribution is -0.153. The van der Waals surface area contributed by atoms with Crippen molar-refractivity contribution in [2.24, 2.45) is 11.3 Å². The lowest BCUT2D eigenvalue weighted by atomic mass is 9.74. The molecule has 1 aliphatic heterocycles. The van der Waals surface area contributed by atoms with Crippen molar-refractivity contribution in [3.8, 4) is 5.75 Å². The number of aromatic nitrogens is 1. The molecule has 2 aliphatic rings. The number of fused-ring (bicyclic) bond motifs is 1. The summed E-state index contributed by atoms with van der Waals surface area (Å²) in [5.74, 6) is 0.727. The average molecular weight is 471 g/mol. The maximum Gasteiger partial charge on any atom is 0.309 e. The van der Waals surface area contributed by atoms with Gasteiger partial charge in [0.15, 0.2) is 0 Å². The Labute approximate surface area is 202 Å². The highest BCUT2D eigenvalue weighted by molar-refractivity contribution is 5.85. The summed E-state index contributed by atoms with van der Waals surface area (Å²) in [4.78, 5) is 19.2. The number of hydrogen-bond donors (Lipinski definition) is 1. The van der Waals surface area contributed by atoms with Crippen molar-refractivity contribution in [3.63, 3.8) is 0 Å². The normalized spacial score (nSPS) is 20.3. The number of piperidine rings is 1. The van der Waals surface area contributed by atoms with E-state index < -0.39 is 17.6 Å². The molecule has 1 aromatic carbocycles. The minimum absolute atomic E-state index is 0.200.